The molecule has 0 bridgehead atoms. The third-order valence-electron chi connectivity index (χ3n) is 10.6. The Kier molecular flexibility index (Phi) is 10.1. The molecule has 15 heteroatoms. The minimum Gasteiger partial charge on any atom is -0.465 e. The fourth-order valence-electron chi connectivity index (χ4n) is 7.74. The molecule has 0 saturated carbocycles. The van der Waals surface area contributed by atoms with Crippen LogP contribution in [0, 0.1) is 11.8 Å². The van der Waals surface area contributed by atoms with Crippen LogP contribution in [0.2, 0.25) is 0 Å². The number of alkyl carbamates (subject to hydrolysis) is 1. The predicted molar refractivity (Wildman–Crippen MR) is 200 cm³/mol. The summed E-state index contributed by atoms with van der Waals surface area (Å²) in [6, 6.07) is 9.87. The standard InChI is InChI=1S/C39H46N8O7/c1-20(2)32(44-38(50)51)36(48)46-14-6-8-28(46)34-40-18-26(42-34)22-10-12-24-25-13-11-23(17-31(25)54-30(24)16-22)27-19-41-35(43-27)29-9-7-15-47(29)37(49)33(21(3)4)45-39(52)53-5/h10-13,16-21,28-29,32-33,44H,6-9,14-15H2,1-5H3,(H,40,42)(H,41,43)(H,45,52)(H,50,51)/t28-,29-,32-,33-/m0/s1. The largest absolute Gasteiger partial charge is 0.465 e. The number of methoxy groups -OCH3 is 1. The summed E-state index contributed by atoms with van der Waals surface area (Å²) in [6.07, 6.45) is 4.90. The normalized spacial score (nSPS) is 18.5. The topological polar surface area (TPSA) is 199 Å². The maximum Gasteiger partial charge on any atom is 0.407 e. The summed E-state index contributed by atoms with van der Waals surface area (Å²) in [6.45, 7) is 8.53. The summed E-state index contributed by atoms with van der Waals surface area (Å²) in [4.78, 5) is 70.2. The van der Waals surface area contributed by atoms with Crippen molar-refractivity contribution in [2.75, 3.05) is 20.2 Å². The third kappa shape index (κ3) is 6.97. The van der Waals surface area contributed by atoms with Crippen molar-refractivity contribution < 1.29 is 33.4 Å². The van der Waals surface area contributed by atoms with Crippen LogP contribution in [0.15, 0.2) is 53.2 Å². The molecule has 5 N–H and O–H groups in total. The van der Waals surface area contributed by atoms with Gasteiger partial charge in [0.1, 0.15) is 34.9 Å². The van der Waals surface area contributed by atoms with E-state index >= 15 is 0 Å². The molecule has 2 aliphatic rings. The Hall–Kier alpha value is -5.86. The highest BCUT2D eigenvalue weighted by Gasteiger charge is 2.39. The molecule has 54 heavy (non-hydrogen) atoms. The van der Waals surface area contributed by atoms with Gasteiger partial charge >= 0.3 is 12.2 Å². The molecule has 5 heterocycles. The number of nitrogens with zero attached hydrogens (tertiary/aromatic N) is 4. The van der Waals surface area contributed by atoms with Gasteiger partial charge < -0.3 is 44.7 Å². The number of benzene rings is 2. The second-order valence-corrected chi connectivity index (χ2v) is 14.8. The number of carbonyl (C=O) groups is 4. The summed E-state index contributed by atoms with van der Waals surface area (Å²) >= 11 is 0. The van der Waals surface area contributed by atoms with E-state index in [1.807, 2.05) is 76.5 Å². The summed E-state index contributed by atoms with van der Waals surface area (Å²) in [5.74, 6) is 0.609. The number of imidazole rings is 2. The SMILES string of the molecule is COC(=O)N[C@H](C(=O)N1CCC[C@H]1c1nc(-c2ccc3c(c2)oc2cc(-c4c[nH]c([C@@H]5CCCN5C(=O)[C@@H](NC(=O)O)C(C)C)n4)ccc23)c[nH]1)C(C)C. The number of H-pyrrole nitrogens is 2. The molecule has 2 fully saturated rings. The van der Waals surface area contributed by atoms with E-state index in [-0.39, 0.29) is 35.7 Å². The lowest BCUT2D eigenvalue weighted by atomic mass is 10.0. The number of fused-ring (bicyclic) bond motifs is 3. The zero-order chi connectivity index (χ0) is 38.3. The number of aromatic amines is 2. The van der Waals surface area contributed by atoms with E-state index in [1.165, 1.54) is 7.11 Å². The van der Waals surface area contributed by atoms with E-state index < -0.39 is 24.3 Å². The highest BCUT2D eigenvalue weighted by Crippen LogP contribution is 2.37. The number of rotatable bonds is 10. The highest BCUT2D eigenvalue weighted by atomic mass is 16.5. The quantitative estimate of drug-likeness (QED) is 0.108. The van der Waals surface area contributed by atoms with E-state index in [9.17, 15) is 24.3 Å². The average Bonchev–Trinajstić information content (AvgIpc) is 4.00. The maximum absolute atomic E-state index is 13.6. The Bertz CT molecular complexity index is 2200. The fraction of sp³-hybridized carbons (Fsp3) is 0.436. The number of furan rings is 1. The van der Waals surface area contributed by atoms with Crippen molar-refractivity contribution in [2.24, 2.45) is 11.8 Å². The summed E-state index contributed by atoms with van der Waals surface area (Å²) in [7, 11) is 1.28. The lowest BCUT2D eigenvalue weighted by Gasteiger charge is -2.29. The van der Waals surface area contributed by atoms with Gasteiger partial charge in [0, 0.05) is 47.4 Å². The number of carboxylic acid groups (broad SMARTS) is 1. The van der Waals surface area contributed by atoms with Crippen LogP contribution >= 0.6 is 0 Å². The van der Waals surface area contributed by atoms with E-state index in [2.05, 4.69) is 20.6 Å². The summed E-state index contributed by atoms with van der Waals surface area (Å²) in [5.41, 5.74) is 4.54. The Balaban J connectivity index is 1.09. The number of ether oxygens (including phenoxy) is 1. The van der Waals surface area contributed by atoms with Crippen molar-refractivity contribution in [1.29, 1.82) is 0 Å². The number of hydrogen-bond acceptors (Lipinski definition) is 8. The molecular weight excluding hydrogens is 692 g/mol. The number of carbonyl (C=O) groups excluding carboxylic acids is 3. The molecule has 0 unspecified atom stereocenters. The minimum absolute atomic E-state index is 0.123. The Labute approximate surface area is 311 Å². The van der Waals surface area contributed by atoms with Gasteiger partial charge in [-0.1, -0.05) is 39.8 Å². The molecule has 0 radical (unpaired) electrons. The predicted octanol–water partition coefficient (Wildman–Crippen LogP) is 6.37. The minimum atomic E-state index is -1.22. The molecular formula is C39H46N8O7. The molecule has 3 aromatic heterocycles. The first kappa shape index (κ1) is 36.5. The lowest BCUT2D eigenvalue weighted by molar-refractivity contribution is -0.136. The monoisotopic (exact) mass is 738 g/mol. The molecule has 4 amide bonds. The van der Waals surface area contributed by atoms with Gasteiger partial charge in [0.25, 0.3) is 0 Å². The first-order valence-electron chi connectivity index (χ1n) is 18.5. The fourth-order valence-corrected chi connectivity index (χ4v) is 7.74. The summed E-state index contributed by atoms with van der Waals surface area (Å²) in [5, 5.41) is 16.3. The van der Waals surface area contributed by atoms with E-state index in [0.717, 1.165) is 53.3 Å². The van der Waals surface area contributed by atoms with Crippen molar-refractivity contribution in [1.82, 2.24) is 40.4 Å². The molecule has 2 aliphatic heterocycles. The number of nitrogens with one attached hydrogen (secondary N) is 4. The zero-order valence-electron chi connectivity index (χ0n) is 31.0. The van der Waals surface area contributed by atoms with E-state index in [4.69, 9.17) is 19.1 Å². The summed E-state index contributed by atoms with van der Waals surface area (Å²) < 4.78 is 11.1. The van der Waals surface area contributed by atoms with Crippen LogP contribution in [-0.4, -0.2) is 91.1 Å². The maximum atomic E-state index is 13.6. The van der Waals surface area contributed by atoms with Crippen molar-refractivity contribution in [3.8, 4) is 22.5 Å². The highest BCUT2D eigenvalue weighted by molar-refractivity contribution is 6.06. The van der Waals surface area contributed by atoms with Crippen LogP contribution in [0.4, 0.5) is 9.59 Å². The van der Waals surface area contributed by atoms with Gasteiger partial charge in [-0.25, -0.2) is 19.6 Å². The first-order valence-corrected chi connectivity index (χ1v) is 18.5. The molecule has 15 nitrogen and oxygen atoms in total. The van der Waals surface area contributed by atoms with Gasteiger partial charge in [0.2, 0.25) is 11.8 Å². The van der Waals surface area contributed by atoms with Crippen LogP contribution < -0.4 is 10.6 Å². The van der Waals surface area contributed by atoms with Gasteiger partial charge in [-0.2, -0.15) is 0 Å². The van der Waals surface area contributed by atoms with Crippen LogP contribution in [0.1, 0.15) is 77.1 Å². The lowest BCUT2D eigenvalue weighted by Crippen LogP contribution is -2.51. The number of amides is 4. The van der Waals surface area contributed by atoms with Gasteiger partial charge in [-0.05, 0) is 61.8 Å². The van der Waals surface area contributed by atoms with Crippen molar-refractivity contribution in [2.45, 2.75) is 77.5 Å². The van der Waals surface area contributed by atoms with E-state index in [0.29, 0.717) is 41.6 Å². The first-order chi connectivity index (χ1) is 25.9. The van der Waals surface area contributed by atoms with Gasteiger partial charge in [0.15, 0.2) is 0 Å². The molecule has 0 aliphatic carbocycles. The Morgan fingerprint density at radius 3 is 1.67 bits per heavy atom. The van der Waals surface area contributed by atoms with Crippen LogP contribution in [0.25, 0.3) is 44.5 Å². The molecule has 2 saturated heterocycles. The molecule has 4 atom stereocenters. The molecule has 7 rings (SSSR count). The van der Waals surface area contributed by atoms with Crippen molar-refractivity contribution in [3.05, 3.63) is 60.4 Å². The molecule has 0 spiro atoms. The van der Waals surface area contributed by atoms with Crippen molar-refractivity contribution >= 4 is 45.9 Å². The average molecular weight is 739 g/mol. The number of hydrogen-bond donors (Lipinski definition) is 5. The number of likely N-dealkylation sites (tertiary alicyclic amines) is 2. The molecule has 284 valence electrons. The molecule has 5 aromatic rings. The van der Waals surface area contributed by atoms with Crippen LogP contribution in [-0.2, 0) is 14.3 Å². The number of aromatic nitrogens is 4. The smallest absolute Gasteiger partial charge is 0.407 e. The van der Waals surface area contributed by atoms with Gasteiger partial charge in [0.05, 0.1) is 30.6 Å². The van der Waals surface area contributed by atoms with Crippen LogP contribution in [0.3, 0.4) is 0 Å². The second kappa shape index (κ2) is 14.9. The Morgan fingerprint density at radius 2 is 1.24 bits per heavy atom. The molecule has 2 aromatic carbocycles. The van der Waals surface area contributed by atoms with Gasteiger partial charge in [-0.15, -0.1) is 0 Å². The van der Waals surface area contributed by atoms with E-state index in [1.54, 1.807) is 9.80 Å². The van der Waals surface area contributed by atoms with Crippen LogP contribution in [0.5, 0.6) is 0 Å². The van der Waals surface area contributed by atoms with Crippen molar-refractivity contribution in [3.63, 3.8) is 0 Å². The third-order valence-corrected chi connectivity index (χ3v) is 10.6. The second-order valence-electron chi connectivity index (χ2n) is 14.8. The zero-order valence-corrected chi connectivity index (χ0v) is 31.0. The Morgan fingerprint density at radius 1 is 0.778 bits per heavy atom. The van der Waals surface area contributed by atoms with Gasteiger partial charge in [-0.3, -0.25) is 9.59 Å².